The fraction of sp³-hybridized carbons (Fsp3) is 0.167. The number of aromatic nitrogens is 3. The zero-order chi connectivity index (χ0) is 20.5. The zero-order valence-corrected chi connectivity index (χ0v) is 17.0. The van der Waals surface area contributed by atoms with Crippen molar-refractivity contribution in [1.29, 1.82) is 0 Å². The summed E-state index contributed by atoms with van der Waals surface area (Å²) >= 11 is 2.57. The van der Waals surface area contributed by atoms with Gasteiger partial charge >= 0.3 is 0 Å². The number of hydrogen-bond acceptors (Lipinski definition) is 9. The molecule has 4 aromatic rings. The topological polar surface area (TPSA) is 137 Å². The van der Waals surface area contributed by atoms with Crippen LogP contribution >= 0.6 is 23.1 Å². The summed E-state index contributed by atoms with van der Waals surface area (Å²) in [6, 6.07) is 5.10. The molecule has 4 aromatic heterocycles. The fourth-order valence-corrected chi connectivity index (χ4v) is 4.57. The summed E-state index contributed by atoms with van der Waals surface area (Å²) in [5.74, 6) is -0.142. The van der Waals surface area contributed by atoms with Gasteiger partial charge in [-0.1, -0.05) is 16.5 Å². The van der Waals surface area contributed by atoms with Crippen LogP contribution in [0.25, 0.3) is 22.6 Å². The second kappa shape index (κ2) is 7.68. The van der Waals surface area contributed by atoms with Gasteiger partial charge in [-0.3, -0.25) is 14.9 Å². The van der Waals surface area contributed by atoms with Crippen LogP contribution in [0, 0.1) is 13.8 Å². The normalized spacial score (nSPS) is 11.1. The minimum absolute atomic E-state index is 0.147. The van der Waals surface area contributed by atoms with Gasteiger partial charge in [0.25, 0.3) is 11.6 Å². The molecule has 0 atom stereocenters. The van der Waals surface area contributed by atoms with Gasteiger partial charge in [-0.15, -0.1) is 11.8 Å². The number of carbonyl (C=O) groups is 2. The van der Waals surface area contributed by atoms with Gasteiger partial charge in [0, 0.05) is 0 Å². The van der Waals surface area contributed by atoms with Crippen molar-refractivity contribution < 1.29 is 18.5 Å². The maximum absolute atomic E-state index is 13.0. The lowest BCUT2D eigenvalue weighted by molar-refractivity contribution is -0.115. The van der Waals surface area contributed by atoms with E-state index in [1.54, 1.807) is 32.0 Å². The van der Waals surface area contributed by atoms with Crippen LogP contribution in [0.4, 0.5) is 5.13 Å². The van der Waals surface area contributed by atoms with E-state index >= 15 is 0 Å². The van der Waals surface area contributed by atoms with E-state index in [0.717, 1.165) is 4.21 Å². The van der Waals surface area contributed by atoms with Crippen molar-refractivity contribution in [1.82, 2.24) is 15.1 Å². The number of nitrogens with one attached hydrogen (secondary N) is 1. The van der Waals surface area contributed by atoms with Crippen molar-refractivity contribution in [2.45, 2.75) is 18.1 Å². The number of furan rings is 1. The number of amides is 2. The molecule has 2 amide bonds. The molecule has 0 unspecified atom stereocenters. The molecule has 0 saturated heterocycles. The molecule has 11 heteroatoms. The molecular formula is C18H15N5O4S2. The summed E-state index contributed by atoms with van der Waals surface area (Å²) in [6.45, 7) is 3.54. The van der Waals surface area contributed by atoms with Gasteiger partial charge in [0.05, 0.1) is 38.6 Å². The molecule has 29 heavy (non-hydrogen) atoms. The number of nitrogens with two attached hydrogens (primary N) is 1. The number of carbonyl (C=O) groups excluding carboxylic acids is 2. The fourth-order valence-electron chi connectivity index (χ4n) is 2.70. The Labute approximate surface area is 172 Å². The van der Waals surface area contributed by atoms with E-state index in [2.05, 4.69) is 20.4 Å². The highest BCUT2D eigenvalue weighted by Gasteiger charge is 2.21. The van der Waals surface area contributed by atoms with Gasteiger partial charge in [0.15, 0.2) is 10.9 Å². The van der Waals surface area contributed by atoms with Gasteiger partial charge < -0.3 is 14.7 Å². The average Bonchev–Trinajstić information content (AvgIpc) is 3.40. The van der Waals surface area contributed by atoms with Gasteiger partial charge in [-0.05, 0) is 32.0 Å². The molecule has 0 aromatic carbocycles. The van der Waals surface area contributed by atoms with E-state index in [9.17, 15) is 9.59 Å². The average molecular weight is 429 g/mol. The number of primary amides is 1. The summed E-state index contributed by atoms with van der Waals surface area (Å²) in [6.07, 6.45) is 1.52. The smallest absolute Gasteiger partial charge is 0.259 e. The van der Waals surface area contributed by atoms with Crippen molar-refractivity contribution in [3.63, 3.8) is 0 Å². The summed E-state index contributed by atoms with van der Waals surface area (Å²) in [4.78, 5) is 32.8. The van der Waals surface area contributed by atoms with Crippen LogP contribution in [-0.4, -0.2) is 32.7 Å². The summed E-state index contributed by atoms with van der Waals surface area (Å²) in [5.41, 5.74) is 7.51. The summed E-state index contributed by atoms with van der Waals surface area (Å²) < 4.78 is 11.5. The molecular weight excluding hydrogens is 414 g/mol. The number of fused-ring (bicyclic) bond motifs is 1. The van der Waals surface area contributed by atoms with E-state index in [4.69, 9.17) is 14.7 Å². The molecule has 9 nitrogen and oxygen atoms in total. The minimum Gasteiger partial charge on any atom is -0.463 e. The third-order valence-corrected chi connectivity index (χ3v) is 6.41. The van der Waals surface area contributed by atoms with Gasteiger partial charge in [-0.25, -0.2) is 9.97 Å². The third-order valence-electron chi connectivity index (χ3n) is 3.96. The van der Waals surface area contributed by atoms with Crippen LogP contribution in [0.1, 0.15) is 21.7 Å². The Morgan fingerprint density at radius 3 is 2.83 bits per heavy atom. The lowest BCUT2D eigenvalue weighted by Gasteiger charge is -2.05. The van der Waals surface area contributed by atoms with Crippen LogP contribution in [0.15, 0.2) is 37.6 Å². The molecule has 3 N–H and O–H groups in total. The maximum atomic E-state index is 13.0. The van der Waals surface area contributed by atoms with Crippen molar-refractivity contribution in [2.75, 3.05) is 11.1 Å². The monoisotopic (exact) mass is 429 g/mol. The van der Waals surface area contributed by atoms with Gasteiger partial charge in [0.1, 0.15) is 5.69 Å². The largest absolute Gasteiger partial charge is 0.463 e. The second-order valence-electron chi connectivity index (χ2n) is 6.08. The number of nitrogens with zero attached hydrogens (tertiary/aromatic N) is 3. The number of thioether (sulfide) groups is 1. The van der Waals surface area contributed by atoms with E-state index < -0.39 is 5.91 Å². The molecule has 4 rings (SSSR count). The summed E-state index contributed by atoms with van der Waals surface area (Å²) in [5, 5.41) is 7.66. The molecule has 0 aliphatic carbocycles. The Kier molecular flexibility index (Phi) is 5.07. The minimum atomic E-state index is -0.416. The lowest BCUT2D eigenvalue weighted by Crippen LogP contribution is -2.13. The number of anilines is 1. The zero-order valence-electron chi connectivity index (χ0n) is 15.4. The van der Waals surface area contributed by atoms with Crippen LogP contribution in [0.3, 0.4) is 0 Å². The standard InChI is InChI=1S/C18H15N5O4S2/c1-8-14-10(6-11(12-4-3-5-26-12)21-16(14)27-23-8)15(25)22-18-20-9(2)17(29-18)28-7-13(19)24/h3-6H,7H2,1-2H3,(H2,19,24)(H,20,22,25). The molecule has 0 fully saturated rings. The first-order chi connectivity index (χ1) is 13.9. The van der Waals surface area contributed by atoms with E-state index in [-0.39, 0.29) is 17.4 Å². The predicted octanol–water partition coefficient (Wildman–Crippen LogP) is 3.39. The lowest BCUT2D eigenvalue weighted by atomic mass is 10.1. The van der Waals surface area contributed by atoms with Crippen molar-refractivity contribution in [3.05, 3.63) is 41.4 Å². The summed E-state index contributed by atoms with van der Waals surface area (Å²) in [7, 11) is 0. The highest BCUT2D eigenvalue weighted by molar-refractivity contribution is 8.01. The van der Waals surface area contributed by atoms with Gasteiger partial charge in [-0.2, -0.15) is 0 Å². The Morgan fingerprint density at radius 2 is 2.10 bits per heavy atom. The third kappa shape index (κ3) is 3.87. The quantitative estimate of drug-likeness (QED) is 0.445. The molecule has 0 aliphatic rings. The Morgan fingerprint density at radius 1 is 1.28 bits per heavy atom. The van der Waals surface area contributed by atoms with Crippen molar-refractivity contribution in [3.8, 4) is 11.5 Å². The second-order valence-corrected chi connectivity index (χ2v) is 8.32. The molecule has 0 radical (unpaired) electrons. The first-order valence-corrected chi connectivity index (χ1v) is 10.2. The van der Waals surface area contributed by atoms with E-state index in [1.807, 2.05) is 0 Å². The number of hydrogen-bond donors (Lipinski definition) is 2. The van der Waals surface area contributed by atoms with Gasteiger partial charge in [0.2, 0.25) is 5.91 Å². The van der Waals surface area contributed by atoms with Crippen LogP contribution in [-0.2, 0) is 4.79 Å². The molecule has 0 bridgehead atoms. The highest BCUT2D eigenvalue weighted by atomic mass is 32.2. The van der Waals surface area contributed by atoms with E-state index in [1.165, 1.54) is 29.4 Å². The Hall–Kier alpha value is -3.18. The van der Waals surface area contributed by atoms with Crippen LogP contribution in [0.5, 0.6) is 0 Å². The molecule has 0 aliphatic heterocycles. The maximum Gasteiger partial charge on any atom is 0.259 e. The van der Waals surface area contributed by atoms with Crippen molar-refractivity contribution >= 4 is 51.1 Å². The first-order valence-electron chi connectivity index (χ1n) is 8.43. The molecule has 0 spiro atoms. The number of aryl methyl sites for hydroxylation is 2. The molecule has 4 heterocycles. The number of thiazole rings is 1. The highest BCUT2D eigenvalue weighted by Crippen LogP contribution is 2.33. The molecule has 0 saturated carbocycles. The predicted molar refractivity (Wildman–Crippen MR) is 109 cm³/mol. The van der Waals surface area contributed by atoms with Crippen LogP contribution in [0.2, 0.25) is 0 Å². The van der Waals surface area contributed by atoms with Crippen molar-refractivity contribution in [2.24, 2.45) is 5.73 Å². The number of pyridine rings is 1. The Bertz CT molecular complexity index is 1210. The number of rotatable bonds is 6. The SMILES string of the molecule is Cc1nc(NC(=O)c2cc(-c3ccco3)nc3onc(C)c23)sc1SCC(N)=O. The Balaban J connectivity index is 1.67. The first kappa shape index (κ1) is 19.2. The van der Waals surface area contributed by atoms with Crippen LogP contribution < -0.4 is 11.1 Å². The van der Waals surface area contributed by atoms with E-state index in [0.29, 0.717) is 38.9 Å². The molecule has 148 valence electrons.